The van der Waals surface area contributed by atoms with Crippen LogP contribution in [0.2, 0.25) is 0 Å². The summed E-state index contributed by atoms with van der Waals surface area (Å²) in [5, 5.41) is 0. The van der Waals surface area contributed by atoms with E-state index in [1.54, 1.807) is 24.3 Å². The molecule has 0 spiro atoms. The van der Waals surface area contributed by atoms with Crippen molar-refractivity contribution < 1.29 is 17.9 Å². The second kappa shape index (κ2) is 9.33. The van der Waals surface area contributed by atoms with E-state index in [0.29, 0.717) is 0 Å². The third-order valence-corrected chi connectivity index (χ3v) is 8.06. The Bertz CT molecular complexity index is 1200. The van der Waals surface area contributed by atoms with Gasteiger partial charge in [0.05, 0.1) is 24.1 Å². The standard InChI is InChI=1S/C27H30N2O4S/c1-19-15-17-22(18-16-19)34(31,32)28-25-24(26(30)33-4)29(27(25,2)3)23(20-11-7-5-8-12-20)21-13-9-6-10-14-21/h5-18,23-25,28H,1-4H3/t24-,25+/m1/s1. The number of nitrogens with one attached hydrogen (secondary N) is 1. The third kappa shape index (κ3) is 4.39. The summed E-state index contributed by atoms with van der Waals surface area (Å²) in [6.07, 6.45) is 0. The van der Waals surface area contributed by atoms with Crippen LogP contribution in [0.1, 0.15) is 36.6 Å². The second-order valence-corrected chi connectivity index (χ2v) is 10.9. The van der Waals surface area contributed by atoms with Crippen LogP contribution in [0.15, 0.2) is 89.8 Å². The number of aryl methyl sites for hydroxylation is 1. The van der Waals surface area contributed by atoms with Gasteiger partial charge in [0.2, 0.25) is 10.0 Å². The summed E-state index contributed by atoms with van der Waals surface area (Å²) in [6.45, 7) is 5.80. The number of likely N-dealkylation sites (tertiary alicyclic amines) is 1. The third-order valence-electron chi connectivity index (χ3n) is 6.61. The molecule has 7 heteroatoms. The van der Waals surface area contributed by atoms with Crippen molar-refractivity contribution in [3.05, 3.63) is 102 Å². The van der Waals surface area contributed by atoms with E-state index in [0.717, 1.165) is 16.7 Å². The van der Waals surface area contributed by atoms with Crippen LogP contribution < -0.4 is 4.72 Å². The van der Waals surface area contributed by atoms with Crippen molar-refractivity contribution in [2.75, 3.05) is 7.11 Å². The molecule has 0 saturated carbocycles. The lowest BCUT2D eigenvalue weighted by Crippen LogP contribution is -2.81. The molecule has 34 heavy (non-hydrogen) atoms. The average Bonchev–Trinajstić information content (AvgIpc) is 2.84. The number of methoxy groups -OCH3 is 1. The predicted octanol–water partition coefficient (Wildman–Crippen LogP) is 4.07. The van der Waals surface area contributed by atoms with Crippen LogP contribution >= 0.6 is 0 Å². The first-order chi connectivity index (χ1) is 16.2. The summed E-state index contributed by atoms with van der Waals surface area (Å²) >= 11 is 0. The highest BCUT2D eigenvalue weighted by Crippen LogP contribution is 2.47. The van der Waals surface area contributed by atoms with Crippen LogP contribution in [-0.4, -0.2) is 44.0 Å². The van der Waals surface area contributed by atoms with Gasteiger partial charge in [0.25, 0.3) is 0 Å². The van der Waals surface area contributed by atoms with E-state index in [1.165, 1.54) is 7.11 Å². The molecule has 4 rings (SSSR count). The van der Waals surface area contributed by atoms with Gasteiger partial charge in [0.1, 0.15) is 6.04 Å². The van der Waals surface area contributed by atoms with Crippen molar-refractivity contribution in [1.29, 1.82) is 0 Å². The fraction of sp³-hybridized carbons (Fsp3) is 0.296. The molecule has 0 amide bonds. The van der Waals surface area contributed by atoms with E-state index < -0.39 is 33.6 Å². The van der Waals surface area contributed by atoms with Crippen molar-refractivity contribution in [3.8, 4) is 0 Å². The molecule has 2 atom stereocenters. The highest BCUT2D eigenvalue weighted by Gasteiger charge is 2.62. The topological polar surface area (TPSA) is 75.7 Å². The Labute approximate surface area is 201 Å². The van der Waals surface area contributed by atoms with Gasteiger partial charge in [0, 0.05) is 5.54 Å². The number of sulfonamides is 1. The number of nitrogens with zero attached hydrogens (tertiary/aromatic N) is 1. The first-order valence-electron chi connectivity index (χ1n) is 11.2. The SMILES string of the molecule is COC(=O)[C@H]1[C@H](NS(=O)(=O)c2ccc(C)cc2)C(C)(C)N1C(c1ccccc1)c1ccccc1. The Morgan fingerprint density at radius 1 is 0.912 bits per heavy atom. The zero-order valence-corrected chi connectivity index (χ0v) is 20.6. The number of esters is 1. The fourth-order valence-corrected chi connectivity index (χ4v) is 6.18. The summed E-state index contributed by atoms with van der Waals surface area (Å²) in [4.78, 5) is 15.3. The van der Waals surface area contributed by atoms with Crippen LogP contribution in [0.4, 0.5) is 0 Å². The highest BCUT2D eigenvalue weighted by molar-refractivity contribution is 7.89. The molecule has 1 heterocycles. The Hall–Kier alpha value is -3.00. The second-order valence-electron chi connectivity index (χ2n) is 9.16. The lowest BCUT2D eigenvalue weighted by atomic mass is 9.73. The minimum absolute atomic E-state index is 0.165. The quantitative estimate of drug-likeness (QED) is 0.518. The summed E-state index contributed by atoms with van der Waals surface area (Å²) in [6, 6.07) is 24.7. The average molecular weight is 479 g/mol. The van der Waals surface area contributed by atoms with Crippen molar-refractivity contribution in [2.45, 2.75) is 49.3 Å². The molecule has 3 aromatic rings. The maximum absolute atomic E-state index is 13.2. The Morgan fingerprint density at radius 2 is 1.41 bits per heavy atom. The zero-order valence-electron chi connectivity index (χ0n) is 19.8. The van der Waals surface area contributed by atoms with E-state index >= 15 is 0 Å². The Morgan fingerprint density at radius 3 is 1.88 bits per heavy atom. The molecule has 0 radical (unpaired) electrons. The van der Waals surface area contributed by atoms with E-state index in [2.05, 4.69) is 4.72 Å². The van der Waals surface area contributed by atoms with Gasteiger partial charge in [-0.05, 0) is 44.0 Å². The van der Waals surface area contributed by atoms with Gasteiger partial charge in [0.15, 0.2) is 0 Å². The number of ether oxygens (including phenoxy) is 1. The molecule has 1 aliphatic heterocycles. The summed E-state index contributed by atoms with van der Waals surface area (Å²) < 4.78 is 34.4. The smallest absolute Gasteiger partial charge is 0.324 e. The molecular formula is C27H30N2O4S. The monoisotopic (exact) mass is 478 g/mol. The van der Waals surface area contributed by atoms with E-state index in [9.17, 15) is 13.2 Å². The fourth-order valence-electron chi connectivity index (χ4n) is 4.79. The van der Waals surface area contributed by atoms with Gasteiger partial charge in [-0.2, -0.15) is 0 Å². The molecule has 0 bridgehead atoms. The number of hydrogen-bond acceptors (Lipinski definition) is 5. The van der Waals surface area contributed by atoms with Gasteiger partial charge in [-0.1, -0.05) is 78.4 Å². The Kier molecular flexibility index (Phi) is 6.62. The van der Waals surface area contributed by atoms with Crippen LogP contribution in [0.5, 0.6) is 0 Å². The van der Waals surface area contributed by atoms with Crippen molar-refractivity contribution in [1.82, 2.24) is 9.62 Å². The molecule has 178 valence electrons. The summed E-state index contributed by atoms with van der Waals surface area (Å²) in [5.74, 6) is -0.479. The van der Waals surface area contributed by atoms with Crippen molar-refractivity contribution in [3.63, 3.8) is 0 Å². The number of rotatable bonds is 7. The molecule has 0 aromatic heterocycles. The van der Waals surface area contributed by atoms with Gasteiger partial charge in [-0.3, -0.25) is 9.69 Å². The van der Waals surface area contributed by atoms with E-state index in [1.807, 2.05) is 86.3 Å². The van der Waals surface area contributed by atoms with Crippen LogP contribution in [0.3, 0.4) is 0 Å². The predicted molar refractivity (Wildman–Crippen MR) is 132 cm³/mol. The molecule has 1 saturated heterocycles. The number of carbonyl (C=O) groups is 1. The zero-order chi connectivity index (χ0) is 24.5. The maximum Gasteiger partial charge on any atom is 0.324 e. The lowest BCUT2D eigenvalue weighted by Gasteiger charge is -2.62. The molecule has 0 aliphatic carbocycles. The molecule has 3 aromatic carbocycles. The summed E-state index contributed by atoms with van der Waals surface area (Å²) in [5.41, 5.74) is 2.30. The number of carbonyl (C=O) groups excluding carboxylic acids is 1. The van der Waals surface area contributed by atoms with Crippen molar-refractivity contribution >= 4 is 16.0 Å². The van der Waals surface area contributed by atoms with Crippen LogP contribution in [0, 0.1) is 6.92 Å². The molecule has 1 fully saturated rings. The number of benzene rings is 3. The first kappa shape index (κ1) is 24.1. The van der Waals surface area contributed by atoms with E-state index in [-0.39, 0.29) is 10.9 Å². The largest absolute Gasteiger partial charge is 0.468 e. The lowest BCUT2D eigenvalue weighted by molar-refractivity contribution is -0.172. The molecule has 0 unspecified atom stereocenters. The summed E-state index contributed by atoms with van der Waals surface area (Å²) in [7, 11) is -2.51. The maximum atomic E-state index is 13.2. The number of hydrogen-bond donors (Lipinski definition) is 1. The van der Waals surface area contributed by atoms with Crippen LogP contribution in [-0.2, 0) is 19.6 Å². The molecule has 1 aliphatic rings. The van der Waals surface area contributed by atoms with Crippen molar-refractivity contribution in [2.24, 2.45) is 0 Å². The van der Waals surface area contributed by atoms with Gasteiger partial charge < -0.3 is 4.74 Å². The molecular weight excluding hydrogens is 448 g/mol. The Balaban J connectivity index is 1.76. The minimum Gasteiger partial charge on any atom is -0.468 e. The minimum atomic E-state index is -3.85. The van der Waals surface area contributed by atoms with Gasteiger partial charge in [-0.25, -0.2) is 13.1 Å². The highest BCUT2D eigenvalue weighted by atomic mass is 32.2. The first-order valence-corrected chi connectivity index (χ1v) is 12.7. The van der Waals surface area contributed by atoms with Gasteiger partial charge in [-0.15, -0.1) is 0 Å². The molecule has 6 nitrogen and oxygen atoms in total. The normalized spacial score (nSPS) is 20.0. The van der Waals surface area contributed by atoms with E-state index in [4.69, 9.17) is 4.74 Å². The van der Waals surface area contributed by atoms with Gasteiger partial charge >= 0.3 is 5.97 Å². The van der Waals surface area contributed by atoms with Crippen LogP contribution in [0.25, 0.3) is 0 Å². The molecule has 1 N–H and O–H groups in total.